The minimum absolute atomic E-state index is 0.298. The summed E-state index contributed by atoms with van der Waals surface area (Å²) >= 11 is 0. The van der Waals surface area contributed by atoms with E-state index in [1.165, 1.54) is 17.7 Å². The Balaban J connectivity index is 1.85. The molecule has 2 N–H and O–H groups in total. The number of nitrogens with two attached hydrogens (primary N) is 1. The van der Waals surface area contributed by atoms with Crippen LogP contribution in [-0.4, -0.2) is 29.3 Å². The molecular formula is C13H20N4. The SMILES string of the molecule is CC1CCc2nnc(N3CCC(N)C3)cc2C1. The van der Waals surface area contributed by atoms with E-state index in [4.69, 9.17) is 5.73 Å². The summed E-state index contributed by atoms with van der Waals surface area (Å²) in [4.78, 5) is 2.26. The maximum atomic E-state index is 5.93. The minimum Gasteiger partial charge on any atom is -0.354 e. The molecule has 1 aliphatic carbocycles. The molecule has 0 amide bonds. The van der Waals surface area contributed by atoms with Crippen molar-refractivity contribution in [1.29, 1.82) is 0 Å². The van der Waals surface area contributed by atoms with Gasteiger partial charge in [0.1, 0.15) is 0 Å². The van der Waals surface area contributed by atoms with E-state index < -0.39 is 0 Å². The highest BCUT2D eigenvalue weighted by Crippen LogP contribution is 2.26. The van der Waals surface area contributed by atoms with Crippen molar-refractivity contribution in [2.75, 3.05) is 18.0 Å². The predicted molar refractivity (Wildman–Crippen MR) is 68.0 cm³/mol. The molecule has 1 fully saturated rings. The van der Waals surface area contributed by atoms with Crippen LogP contribution in [0.4, 0.5) is 5.82 Å². The number of rotatable bonds is 1. The van der Waals surface area contributed by atoms with Crippen molar-refractivity contribution in [3.05, 3.63) is 17.3 Å². The molecule has 3 rings (SSSR count). The van der Waals surface area contributed by atoms with Crippen LogP contribution in [0.15, 0.2) is 6.07 Å². The zero-order valence-electron chi connectivity index (χ0n) is 10.4. The third-order valence-corrected chi connectivity index (χ3v) is 3.94. The second kappa shape index (κ2) is 4.26. The summed E-state index contributed by atoms with van der Waals surface area (Å²) in [7, 11) is 0. The van der Waals surface area contributed by atoms with E-state index >= 15 is 0 Å². The maximum Gasteiger partial charge on any atom is 0.151 e. The highest BCUT2D eigenvalue weighted by molar-refractivity contribution is 5.43. The van der Waals surface area contributed by atoms with Crippen molar-refractivity contribution in [2.24, 2.45) is 11.7 Å². The second-order valence-corrected chi connectivity index (χ2v) is 5.52. The van der Waals surface area contributed by atoms with E-state index in [-0.39, 0.29) is 0 Å². The summed E-state index contributed by atoms with van der Waals surface area (Å²) in [6.45, 7) is 4.25. The molecule has 2 atom stereocenters. The molecule has 0 saturated carbocycles. The van der Waals surface area contributed by atoms with Crippen LogP contribution in [-0.2, 0) is 12.8 Å². The first kappa shape index (κ1) is 11.0. The van der Waals surface area contributed by atoms with Crippen molar-refractivity contribution >= 4 is 5.82 Å². The van der Waals surface area contributed by atoms with Crippen molar-refractivity contribution in [3.8, 4) is 0 Å². The van der Waals surface area contributed by atoms with E-state index in [9.17, 15) is 0 Å². The fourth-order valence-corrected chi connectivity index (χ4v) is 2.84. The second-order valence-electron chi connectivity index (χ2n) is 5.52. The summed E-state index contributed by atoms with van der Waals surface area (Å²) < 4.78 is 0. The lowest BCUT2D eigenvalue weighted by Crippen LogP contribution is -2.27. The highest BCUT2D eigenvalue weighted by atomic mass is 15.3. The monoisotopic (exact) mass is 232 g/mol. The Bertz CT molecular complexity index is 418. The largest absolute Gasteiger partial charge is 0.354 e. The molecule has 4 nitrogen and oxygen atoms in total. The fraction of sp³-hybridized carbons (Fsp3) is 0.692. The molecule has 1 aromatic heterocycles. The van der Waals surface area contributed by atoms with Gasteiger partial charge in [-0.3, -0.25) is 0 Å². The van der Waals surface area contributed by atoms with Crippen LogP contribution in [0.1, 0.15) is 31.0 Å². The molecule has 0 aromatic carbocycles. The fourth-order valence-electron chi connectivity index (χ4n) is 2.84. The van der Waals surface area contributed by atoms with E-state index in [2.05, 4.69) is 28.1 Å². The predicted octanol–water partition coefficient (Wildman–Crippen LogP) is 1.14. The van der Waals surface area contributed by atoms with Crippen molar-refractivity contribution in [1.82, 2.24) is 10.2 Å². The minimum atomic E-state index is 0.298. The van der Waals surface area contributed by atoms with Crippen LogP contribution in [0.5, 0.6) is 0 Å². The van der Waals surface area contributed by atoms with Crippen molar-refractivity contribution < 1.29 is 0 Å². The Morgan fingerprint density at radius 1 is 1.35 bits per heavy atom. The van der Waals surface area contributed by atoms with Gasteiger partial charge in [0.15, 0.2) is 5.82 Å². The summed E-state index contributed by atoms with van der Waals surface area (Å²) in [5, 5.41) is 8.74. The van der Waals surface area contributed by atoms with Gasteiger partial charge in [0, 0.05) is 19.1 Å². The molecule has 0 spiro atoms. The van der Waals surface area contributed by atoms with Crippen molar-refractivity contribution in [2.45, 2.75) is 38.6 Å². The summed E-state index contributed by atoms with van der Waals surface area (Å²) in [5.41, 5.74) is 8.53. The normalized spacial score (nSPS) is 28.2. The molecule has 1 saturated heterocycles. The van der Waals surface area contributed by atoms with Crippen LogP contribution in [0.25, 0.3) is 0 Å². The number of anilines is 1. The molecule has 2 unspecified atom stereocenters. The number of aryl methyl sites for hydroxylation is 1. The number of aromatic nitrogens is 2. The van der Waals surface area contributed by atoms with Gasteiger partial charge in [0.2, 0.25) is 0 Å². The molecule has 1 aliphatic heterocycles. The highest BCUT2D eigenvalue weighted by Gasteiger charge is 2.23. The standard InChI is InChI=1S/C13H20N4/c1-9-2-3-12-10(6-9)7-13(16-15-12)17-5-4-11(14)8-17/h7,9,11H,2-6,8,14H2,1H3. The molecule has 1 aromatic rings. The van der Waals surface area contributed by atoms with E-state index in [0.29, 0.717) is 6.04 Å². The van der Waals surface area contributed by atoms with Crippen LogP contribution < -0.4 is 10.6 Å². The number of hydrogen-bond donors (Lipinski definition) is 1. The number of nitrogens with zero attached hydrogens (tertiary/aromatic N) is 3. The Morgan fingerprint density at radius 3 is 3.00 bits per heavy atom. The molecule has 4 heteroatoms. The Kier molecular flexibility index (Phi) is 2.74. The lowest BCUT2D eigenvalue weighted by Gasteiger charge is -2.23. The summed E-state index contributed by atoms with van der Waals surface area (Å²) in [5.74, 6) is 1.80. The van der Waals surface area contributed by atoms with Crippen LogP contribution in [0.2, 0.25) is 0 Å². The van der Waals surface area contributed by atoms with Gasteiger partial charge in [-0.25, -0.2) is 0 Å². The number of fused-ring (bicyclic) bond motifs is 1. The third-order valence-electron chi connectivity index (χ3n) is 3.94. The van der Waals surface area contributed by atoms with Crippen molar-refractivity contribution in [3.63, 3.8) is 0 Å². The average molecular weight is 232 g/mol. The third kappa shape index (κ3) is 2.14. The molecule has 0 bridgehead atoms. The quantitative estimate of drug-likeness (QED) is 0.789. The first-order chi connectivity index (χ1) is 8.22. The lowest BCUT2D eigenvalue weighted by atomic mass is 9.88. The Hall–Kier alpha value is -1.16. The maximum absolute atomic E-state index is 5.93. The first-order valence-electron chi connectivity index (χ1n) is 6.58. The van der Waals surface area contributed by atoms with Crippen LogP contribution in [0.3, 0.4) is 0 Å². The molecule has 17 heavy (non-hydrogen) atoms. The van der Waals surface area contributed by atoms with Gasteiger partial charge >= 0.3 is 0 Å². The summed E-state index contributed by atoms with van der Waals surface area (Å²) in [6.07, 6.45) is 4.55. The van der Waals surface area contributed by atoms with Gasteiger partial charge in [-0.1, -0.05) is 6.92 Å². The lowest BCUT2D eigenvalue weighted by molar-refractivity contribution is 0.490. The van der Waals surface area contributed by atoms with Crippen LogP contribution >= 0.6 is 0 Å². The van der Waals surface area contributed by atoms with Crippen LogP contribution in [0, 0.1) is 5.92 Å². The molecule has 92 valence electrons. The van der Waals surface area contributed by atoms with Gasteiger partial charge < -0.3 is 10.6 Å². The van der Waals surface area contributed by atoms with E-state index in [1.54, 1.807) is 0 Å². The average Bonchev–Trinajstić information content (AvgIpc) is 2.75. The van der Waals surface area contributed by atoms with E-state index in [0.717, 1.165) is 44.1 Å². The number of hydrogen-bond acceptors (Lipinski definition) is 4. The zero-order valence-corrected chi connectivity index (χ0v) is 10.4. The molecule has 2 heterocycles. The molecule has 2 aliphatic rings. The van der Waals surface area contributed by atoms with Gasteiger partial charge in [-0.2, -0.15) is 5.10 Å². The topological polar surface area (TPSA) is 55.0 Å². The smallest absolute Gasteiger partial charge is 0.151 e. The van der Waals surface area contributed by atoms with Gasteiger partial charge in [0.25, 0.3) is 0 Å². The summed E-state index contributed by atoms with van der Waals surface area (Å²) in [6, 6.07) is 2.53. The molecule has 0 radical (unpaired) electrons. The van der Waals surface area contributed by atoms with Gasteiger partial charge in [0.05, 0.1) is 5.69 Å². The van der Waals surface area contributed by atoms with E-state index in [1.807, 2.05) is 0 Å². The van der Waals surface area contributed by atoms with Gasteiger partial charge in [-0.15, -0.1) is 5.10 Å². The first-order valence-corrected chi connectivity index (χ1v) is 6.58. The Labute approximate surface area is 102 Å². The zero-order chi connectivity index (χ0) is 11.8. The Morgan fingerprint density at radius 2 is 2.24 bits per heavy atom. The molecular weight excluding hydrogens is 212 g/mol. The van der Waals surface area contributed by atoms with Gasteiger partial charge in [-0.05, 0) is 43.2 Å².